The Hall–Kier alpha value is -2.55. The van der Waals surface area contributed by atoms with Gasteiger partial charge in [0.1, 0.15) is 29.9 Å². The summed E-state index contributed by atoms with van der Waals surface area (Å²) < 4.78 is 0. The number of β-lactam (4-membered cyclic amide) rings is 1. The van der Waals surface area contributed by atoms with Crippen LogP contribution in [0.1, 0.15) is 12.1 Å². The molecular formula is C19H22N6O5S3. The van der Waals surface area contributed by atoms with E-state index in [2.05, 4.69) is 20.8 Å². The minimum absolute atomic E-state index is 0.0475. The lowest BCUT2D eigenvalue weighted by atomic mass is 10.0. The van der Waals surface area contributed by atoms with E-state index in [0.717, 1.165) is 30.8 Å². The molecule has 1 aromatic heterocycles. The van der Waals surface area contributed by atoms with Gasteiger partial charge in [0.2, 0.25) is 0 Å². The number of allylic oxidation sites excluding steroid dienone is 1. The number of nitrogens with two attached hydrogens (primary N) is 1. The predicted octanol–water partition coefficient (Wildman–Crippen LogP) is 0.423. The van der Waals surface area contributed by atoms with Gasteiger partial charge in [-0.2, -0.15) is 0 Å². The number of amides is 2. The molecule has 2 saturated heterocycles. The van der Waals surface area contributed by atoms with Crippen LogP contribution >= 0.6 is 34.9 Å². The molecule has 2 fully saturated rings. The highest BCUT2D eigenvalue weighted by molar-refractivity contribution is 8.02. The Bertz CT molecular complexity index is 1050. The van der Waals surface area contributed by atoms with Crippen molar-refractivity contribution in [2.24, 2.45) is 5.16 Å². The van der Waals surface area contributed by atoms with Crippen molar-refractivity contribution in [1.82, 2.24) is 20.5 Å². The van der Waals surface area contributed by atoms with Crippen LogP contribution in [0.4, 0.5) is 5.13 Å². The number of rotatable bonds is 8. The molecule has 0 aliphatic carbocycles. The van der Waals surface area contributed by atoms with Gasteiger partial charge in [-0.05, 0) is 30.0 Å². The van der Waals surface area contributed by atoms with Gasteiger partial charge in [0, 0.05) is 22.9 Å². The Morgan fingerprint density at radius 2 is 2.33 bits per heavy atom. The smallest absolute Gasteiger partial charge is 0.352 e. The Balaban J connectivity index is 1.47. The molecule has 4 heterocycles. The molecule has 0 unspecified atom stereocenters. The van der Waals surface area contributed by atoms with Crippen LogP contribution in [0.15, 0.2) is 33.3 Å². The number of anilines is 1. The van der Waals surface area contributed by atoms with Crippen molar-refractivity contribution in [3.05, 3.63) is 33.8 Å². The topological polar surface area (TPSA) is 159 Å². The largest absolute Gasteiger partial charge is 0.477 e. The number of hydrogen-bond donors (Lipinski definition) is 4. The van der Waals surface area contributed by atoms with E-state index in [-0.39, 0.29) is 22.2 Å². The Kier molecular flexibility index (Phi) is 7.26. The van der Waals surface area contributed by atoms with Crippen LogP contribution in [-0.4, -0.2) is 81.1 Å². The lowest BCUT2D eigenvalue weighted by Crippen LogP contribution is -2.71. The lowest BCUT2D eigenvalue weighted by Gasteiger charge is -2.49. The van der Waals surface area contributed by atoms with Gasteiger partial charge in [0.15, 0.2) is 10.8 Å². The van der Waals surface area contributed by atoms with Crippen LogP contribution in [0.2, 0.25) is 0 Å². The van der Waals surface area contributed by atoms with E-state index >= 15 is 0 Å². The number of nitrogens with zero attached hydrogens (tertiary/aromatic N) is 3. The van der Waals surface area contributed by atoms with Crippen LogP contribution in [-0.2, 0) is 19.2 Å². The van der Waals surface area contributed by atoms with Crippen LogP contribution in [0, 0.1) is 0 Å². The molecule has 3 aliphatic heterocycles. The number of hydrogen-bond acceptors (Lipinski definition) is 11. The molecule has 33 heavy (non-hydrogen) atoms. The zero-order chi connectivity index (χ0) is 23.5. The van der Waals surface area contributed by atoms with Crippen molar-refractivity contribution in [2.75, 3.05) is 31.7 Å². The summed E-state index contributed by atoms with van der Waals surface area (Å²) in [6.07, 6.45) is 2.83. The standard InChI is InChI=1S/C19H22N6O5S3/c1-30-24-12(11-8-33-19(20)22-11)15(26)23-13-16(27)25-14(18(28)29)9(7-32-17(13)25)3-5-31-10-2-4-21-6-10/h3,5,8,10,13,17,21H,2,4,6-7H2,1H3,(H2,20,22)(H,23,26)(H,28,29)/b5-3+,24-12?/t10-,13+,17+/m0/s1. The highest BCUT2D eigenvalue weighted by Crippen LogP contribution is 2.41. The maximum atomic E-state index is 12.9. The van der Waals surface area contributed by atoms with E-state index in [4.69, 9.17) is 10.6 Å². The van der Waals surface area contributed by atoms with Crippen molar-refractivity contribution < 1.29 is 24.3 Å². The Morgan fingerprint density at radius 3 is 2.97 bits per heavy atom. The normalized spacial score (nSPS) is 25.2. The van der Waals surface area contributed by atoms with Gasteiger partial charge in [-0.25, -0.2) is 9.78 Å². The summed E-state index contributed by atoms with van der Waals surface area (Å²) in [6.45, 7) is 1.90. The van der Waals surface area contributed by atoms with Crippen LogP contribution in [0.25, 0.3) is 0 Å². The summed E-state index contributed by atoms with van der Waals surface area (Å²) in [5, 5.41) is 23.1. The number of thioether (sulfide) groups is 2. The first kappa shape index (κ1) is 23.6. The highest BCUT2D eigenvalue weighted by Gasteiger charge is 2.54. The molecule has 2 amide bonds. The van der Waals surface area contributed by atoms with E-state index in [1.165, 1.54) is 23.8 Å². The quantitative estimate of drug-likeness (QED) is 0.219. The van der Waals surface area contributed by atoms with E-state index in [9.17, 15) is 19.5 Å². The monoisotopic (exact) mass is 510 g/mol. The fourth-order valence-electron chi connectivity index (χ4n) is 3.65. The summed E-state index contributed by atoms with van der Waals surface area (Å²) in [4.78, 5) is 47.6. The number of aromatic nitrogens is 1. The van der Waals surface area contributed by atoms with Crippen LogP contribution in [0.3, 0.4) is 0 Å². The number of carbonyl (C=O) groups is 3. The van der Waals surface area contributed by atoms with Crippen LogP contribution < -0.4 is 16.4 Å². The summed E-state index contributed by atoms with van der Waals surface area (Å²) in [5.74, 6) is -1.92. The number of thiazole rings is 1. The van der Waals surface area contributed by atoms with Gasteiger partial charge in [0.25, 0.3) is 11.8 Å². The fraction of sp³-hybridized carbons (Fsp3) is 0.421. The third kappa shape index (κ3) is 4.88. The van der Waals surface area contributed by atoms with E-state index in [1.807, 2.05) is 5.41 Å². The average Bonchev–Trinajstić information content (AvgIpc) is 3.46. The first-order valence-corrected chi connectivity index (χ1v) is 12.8. The number of fused-ring (bicyclic) bond motifs is 1. The zero-order valence-electron chi connectivity index (χ0n) is 17.5. The summed E-state index contributed by atoms with van der Waals surface area (Å²) >= 11 is 4.18. The highest BCUT2D eigenvalue weighted by atomic mass is 32.2. The number of nitrogen functional groups attached to an aromatic ring is 1. The lowest BCUT2D eigenvalue weighted by molar-refractivity contribution is -0.150. The molecule has 0 spiro atoms. The first-order valence-electron chi connectivity index (χ1n) is 9.98. The van der Waals surface area contributed by atoms with Gasteiger partial charge in [-0.3, -0.25) is 14.5 Å². The second-order valence-electron chi connectivity index (χ2n) is 7.29. The van der Waals surface area contributed by atoms with Gasteiger partial charge in [-0.1, -0.05) is 5.16 Å². The average molecular weight is 511 g/mol. The molecule has 5 N–H and O–H groups in total. The molecule has 0 saturated carbocycles. The first-order chi connectivity index (χ1) is 15.9. The summed E-state index contributed by atoms with van der Waals surface area (Å²) in [5.41, 5.74) is 6.26. The summed E-state index contributed by atoms with van der Waals surface area (Å²) in [6, 6.07) is -0.889. The van der Waals surface area contributed by atoms with Gasteiger partial charge in [-0.15, -0.1) is 34.9 Å². The minimum atomic E-state index is -1.18. The second-order valence-corrected chi connectivity index (χ2v) is 10.5. The molecule has 3 aliphatic rings. The SMILES string of the molecule is CON=C(C(=O)N[C@@H]1C(=O)N2C(C(=O)O)=C(/C=C/S[C@H]3CCNC3)CS[C@H]12)c1csc(N)n1. The fourth-order valence-corrected chi connectivity index (χ4v) is 6.45. The number of carboxylic acids is 1. The number of aliphatic carboxylic acids is 1. The van der Waals surface area contributed by atoms with E-state index in [1.54, 1.807) is 23.2 Å². The Morgan fingerprint density at radius 1 is 1.52 bits per heavy atom. The molecule has 11 nitrogen and oxygen atoms in total. The molecule has 0 bridgehead atoms. The molecule has 4 rings (SSSR count). The van der Waals surface area contributed by atoms with Gasteiger partial charge < -0.3 is 26.3 Å². The van der Waals surface area contributed by atoms with Crippen molar-refractivity contribution in [3.8, 4) is 0 Å². The van der Waals surface area contributed by atoms with Gasteiger partial charge >= 0.3 is 5.97 Å². The number of nitrogens with one attached hydrogen (secondary N) is 2. The molecular weight excluding hydrogens is 488 g/mol. The molecule has 0 radical (unpaired) electrons. The number of oxime groups is 1. The molecule has 14 heteroatoms. The number of carboxylic acid groups (broad SMARTS) is 1. The third-order valence-electron chi connectivity index (χ3n) is 5.20. The second kappa shape index (κ2) is 10.2. The van der Waals surface area contributed by atoms with E-state index < -0.39 is 29.2 Å². The maximum Gasteiger partial charge on any atom is 0.352 e. The maximum absolute atomic E-state index is 12.9. The van der Waals surface area contributed by atoms with E-state index in [0.29, 0.717) is 16.6 Å². The van der Waals surface area contributed by atoms with Crippen molar-refractivity contribution in [1.29, 1.82) is 0 Å². The van der Waals surface area contributed by atoms with Crippen molar-refractivity contribution in [3.63, 3.8) is 0 Å². The zero-order valence-corrected chi connectivity index (χ0v) is 20.0. The van der Waals surface area contributed by atoms with Crippen molar-refractivity contribution >= 4 is 63.5 Å². The molecule has 1 aromatic rings. The van der Waals surface area contributed by atoms with Gasteiger partial charge in [0.05, 0.1) is 0 Å². The summed E-state index contributed by atoms with van der Waals surface area (Å²) in [7, 11) is 1.29. The minimum Gasteiger partial charge on any atom is -0.477 e. The molecule has 0 aromatic carbocycles. The van der Waals surface area contributed by atoms with Crippen LogP contribution in [0.5, 0.6) is 0 Å². The third-order valence-corrected chi connectivity index (χ3v) is 8.26. The number of carbonyl (C=O) groups excluding carboxylic acids is 2. The molecule has 3 atom stereocenters. The Labute approximate surface area is 201 Å². The predicted molar refractivity (Wildman–Crippen MR) is 128 cm³/mol. The molecule has 176 valence electrons. The van der Waals surface area contributed by atoms with Crippen molar-refractivity contribution in [2.45, 2.75) is 23.1 Å².